The molecule has 0 atom stereocenters. The Morgan fingerprint density at radius 2 is 2.05 bits per heavy atom. The Kier molecular flexibility index (Phi) is 4.72. The molecule has 0 unspecified atom stereocenters. The standard InChI is InChI=1S/C15H18N4O/c1-12(2)11-19-15(14(10-16)17-18-19)8-9-20-13-6-4-3-5-7-13/h3-7,12H,8-9,11H2,1-2H3. The summed E-state index contributed by atoms with van der Waals surface area (Å²) in [6, 6.07) is 11.7. The highest BCUT2D eigenvalue weighted by atomic mass is 16.5. The molecule has 5 nitrogen and oxygen atoms in total. The SMILES string of the molecule is CC(C)Cn1nnc(C#N)c1CCOc1ccccc1. The summed E-state index contributed by atoms with van der Waals surface area (Å²) in [7, 11) is 0. The van der Waals surface area contributed by atoms with Gasteiger partial charge in [0.2, 0.25) is 0 Å². The fourth-order valence-corrected chi connectivity index (χ4v) is 1.94. The molecule has 0 aliphatic heterocycles. The maximum Gasteiger partial charge on any atom is 0.185 e. The van der Waals surface area contributed by atoms with Crippen LogP contribution in [0.5, 0.6) is 5.75 Å². The molecule has 0 aliphatic rings. The predicted octanol–water partition coefficient (Wildman–Crippen LogP) is 2.43. The highest BCUT2D eigenvalue weighted by Crippen LogP contribution is 2.11. The number of ether oxygens (including phenoxy) is 1. The van der Waals surface area contributed by atoms with Gasteiger partial charge in [-0.2, -0.15) is 5.26 Å². The van der Waals surface area contributed by atoms with Crippen LogP contribution in [0.4, 0.5) is 0 Å². The van der Waals surface area contributed by atoms with Crippen LogP contribution in [0.1, 0.15) is 25.2 Å². The van der Waals surface area contributed by atoms with Crippen LogP contribution < -0.4 is 4.74 Å². The lowest BCUT2D eigenvalue weighted by Gasteiger charge is -2.10. The van der Waals surface area contributed by atoms with Crippen molar-refractivity contribution in [3.8, 4) is 11.8 Å². The Labute approximate surface area is 118 Å². The van der Waals surface area contributed by atoms with E-state index in [2.05, 4.69) is 30.2 Å². The minimum atomic E-state index is 0.391. The highest BCUT2D eigenvalue weighted by molar-refractivity contribution is 5.25. The Hall–Kier alpha value is -2.35. The van der Waals surface area contributed by atoms with Gasteiger partial charge in [0.15, 0.2) is 5.69 Å². The van der Waals surface area contributed by atoms with Crippen LogP contribution in [0, 0.1) is 17.2 Å². The molecule has 2 rings (SSSR count). The van der Waals surface area contributed by atoms with E-state index in [1.807, 2.05) is 30.3 Å². The van der Waals surface area contributed by atoms with E-state index < -0.39 is 0 Å². The molecule has 0 saturated heterocycles. The van der Waals surface area contributed by atoms with Crippen molar-refractivity contribution < 1.29 is 4.74 Å². The Bertz CT molecular complexity index is 584. The van der Waals surface area contributed by atoms with Gasteiger partial charge < -0.3 is 4.74 Å². The molecule has 0 bridgehead atoms. The lowest BCUT2D eigenvalue weighted by Crippen LogP contribution is -2.13. The van der Waals surface area contributed by atoms with Crippen molar-refractivity contribution >= 4 is 0 Å². The summed E-state index contributed by atoms with van der Waals surface area (Å²) < 4.78 is 7.46. The molecule has 0 spiro atoms. The second-order valence-electron chi connectivity index (χ2n) is 4.98. The lowest BCUT2D eigenvalue weighted by molar-refractivity contribution is 0.315. The van der Waals surface area contributed by atoms with E-state index in [1.165, 1.54) is 0 Å². The first-order valence-electron chi connectivity index (χ1n) is 6.71. The van der Waals surface area contributed by atoms with Crippen molar-refractivity contribution in [1.29, 1.82) is 5.26 Å². The highest BCUT2D eigenvalue weighted by Gasteiger charge is 2.13. The van der Waals surface area contributed by atoms with E-state index in [9.17, 15) is 0 Å². The molecule has 0 amide bonds. The fraction of sp³-hybridized carbons (Fsp3) is 0.400. The van der Waals surface area contributed by atoms with Crippen molar-refractivity contribution in [3.05, 3.63) is 41.7 Å². The minimum Gasteiger partial charge on any atom is -0.493 e. The minimum absolute atomic E-state index is 0.391. The molecule has 0 saturated carbocycles. The topological polar surface area (TPSA) is 63.7 Å². The van der Waals surface area contributed by atoms with Gasteiger partial charge in [0.25, 0.3) is 0 Å². The number of nitriles is 1. The van der Waals surface area contributed by atoms with Crippen LogP contribution in [0.2, 0.25) is 0 Å². The molecule has 20 heavy (non-hydrogen) atoms. The summed E-state index contributed by atoms with van der Waals surface area (Å²) in [6.07, 6.45) is 0.623. The van der Waals surface area contributed by atoms with Crippen LogP contribution in [-0.2, 0) is 13.0 Å². The van der Waals surface area contributed by atoms with Gasteiger partial charge in [0, 0.05) is 13.0 Å². The third-order valence-electron chi connectivity index (χ3n) is 2.83. The Morgan fingerprint density at radius 3 is 2.70 bits per heavy atom. The van der Waals surface area contributed by atoms with Gasteiger partial charge in [-0.05, 0) is 18.1 Å². The molecule has 0 fully saturated rings. The van der Waals surface area contributed by atoms with Gasteiger partial charge in [-0.15, -0.1) is 5.10 Å². The van der Waals surface area contributed by atoms with E-state index in [0.29, 0.717) is 24.6 Å². The van der Waals surface area contributed by atoms with E-state index in [-0.39, 0.29) is 0 Å². The van der Waals surface area contributed by atoms with Gasteiger partial charge >= 0.3 is 0 Å². The van der Waals surface area contributed by atoms with E-state index in [4.69, 9.17) is 10.00 Å². The maximum atomic E-state index is 9.08. The first-order chi connectivity index (χ1) is 9.70. The lowest BCUT2D eigenvalue weighted by atomic mass is 10.2. The predicted molar refractivity (Wildman–Crippen MR) is 75.2 cm³/mol. The van der Waals surface area contributed by atoms with Gasteiger partial charge in [-0.25, -0.2) is 4.68 Å². The fourth-order valence-electron chi connectivity index (χ4n) is 1.94. The molecule has 5 heteroatoms. The molecular formula is C15H18N4O. The molecule has 104 valence electrons. The molecule has 0 radical (unpaired) electrons. The summed E-state index contributed by atoms with van der Waals surface area (Å²) in [5, 5.41) is 17.0. The van der Waals surface area contributed by atoms with E-state index in [0.717, 1.165) is 18.0 Å². The van der Waals surface area contributed by atoms with Crippen molar-refractivity contribution in [2.24, 2.45) is 5.92 Å². The second-order valence-corrected chi connectivity index (χ2v) is 4.98. The number of hydrogen-bond donors (Lipinski definition) is 0. The summed E-state index contributed by atoms with van der Waals surface area (Å²) >= 11 is 0. The van der Waals surface area contributed by atoms with Gasteiger partial charge in [-0.1, -0.05) is 37.3 Å². The van der Waals surface area contributed by atoms with Crippen molar-refractivity contribution in [2.45, 2.75) is 26.8 Å². The number of nitrogens with zero attached hydrogens (tertiary/aromatic N) is 4. The summed E-state index contributed by atoms with van der Waals surface area (Å²) in [5.74, 6) is 1.28. The number of aromatic nitrogens is 3. The number of hydrogen-bond acceptors (Lipinski definition) is 4. The first-order valence-corrected chi connectivity index (χ1v) is 6.71. The van der Waals surface area contributed by atoms with Crippen molar-refractivity contribution in [3.63, 3.8) is 0 Å². The summed E-state index contributed by atoms with van der Waals surface area (Å²) in [4.78, 5) is 0. The zero-order chi connectivity index (χ0) is 14.4. The third-order valence-corrected chi connectivity index (χ3v) is 2.83. The monoisotopic (exact) mass is 270 g/mol. The average Bonchev–Trinajstić information content (AvgIpc) is 2.82. The normalized spacial score (nSPS) is 10.5. The van der Waals surface area contributed by atoms with Crippen LogP contribution in [0.3, 0.4) is 0 Å². The zero-order valence-electron chi connectivity index (χ0n) is 11.8. The number of rotatable bonds is 6. The van der Waals surface area contributed by atoms with Crippen LogP contribution in [-0.4, -0.2) is 21.6 Å². The van der Waals surface area contributed by atoms with E-state index >= 15 is 0 Å². The second kappa shape index (κ2) is 6.71. The van der Waals surface area contributed by atoms with Crippen LogP contribution in [0.25, 0.3) is 0 Å². The molecule has 0 aliphatic carbocycles. The smallest absolute Gasteiger partial charge is 0.185 e. The van der Waals surface area contributed by atoms with Crippen molar-refractivity contribution in [2.75, 3.05) is 6.61 Å². The molecular weight excluding hydrogens is 252 g/mol. The van der Waals surface area contributed by atoms with Gasteiger partial charge in [-0.3, -0.25) is 0 Å². The molecule has 2 aromatic rings. The van der Waals surface area contributed by atoms with Gasteiger partial charge in [0.1, 0.15) is 11.8 Å². The number of para-hydroxylation sites is 1. The summed E-state index contributed by atoms with van der Waals surface area (Å²) in [6.45, 7) is 5.48. The number of benzene rings is 1. The first kappa shape index (κ1) is 14.1. The Balaban J connectivity index is 2.01. The maximum absolute atomic E-state index is 9.08. The van der Waals surface area contributed by atoms with Crippen LogP contribution in [0.15, 0.2) is 30.3 Å². The average molecular weight is 270 g/mol. The molecule has 1 heterocycles. The van der Waals surface area contributed by atoms with Crippen LogP contribution >= 0.6 is 0 Å². The quantitative estimate of drug-likeness (QED) is 0.808. The molecule has 1 aromatic heterocycles. The largest absolute Gasteiger partial charge is 0.493 e. The van der Waals surface area contributed by atoms with Gasteiger partial charge in [0.05, 0.1) is 12.3 Å². The molecule has 0 N–H and O–H groups in total. The van der Waals surface area contributed by atoms with Crippen molar-refractivity contribution in [1.82, 2.24) is 15.0 Å². The van der Waals surface area contributed by atoms with E-state index in [1.54, 1.807) is 4.68 Å². The summed E-state index contributed by atoms with van der Waals surface area (Å²) in [5.41, 5.74) is 1.24. The zero-order valence-corrected chi connectivity index (χ0v) is 11.8. The Morgan fingerprint density at radius 1 is 1.30 bits per heavy atom. The third kappa shape index (κ3) is 3.58. The molecule has 1 aromatic carbocycles.